The minimum absolute atomic E-state index is 0.223. The van der Waals surface area contributed by atoms with E-state index in [1.807, 2.05) is 12.1 Å². The first-order valence-corrected chi connectivity index (χ1v) is 15.5. The third-order valence-electron chi connectivity index (χ3n) is 7.92. The van der Waals surface area contributed by atoms with Crippen molar-refractivity contribution in [3.8, 4) is 0 Å². The lowest BCUT2D eigenvalue weighted by atomic mass is 9.85. The molecule has 1 aliphatic heterocycles. The first-order chi connectivity index (χ1) is 20.0. The van der Waals surface area contributed by atoms with Crippen LogP contribution in [0.5, 0.6) is 0 Å². The molecule has 0 saturated carbocycles. The molecule has 1 heterocycles. The molecule has 1 saturated heterocycles. The van der Waals surface area contributed by atoms with Gasteiger partial charge in [-0.15, -0.1) is 0 Å². The van der Waals surface area contributed by atoms with E-state index < -0.39 is 32.7 Å². The Bertz CT molecular complexity index is 1550. The number of benzene rings is 3. The lowest BCUT2D eigenvalue weighted by Crippen LogP contribution is -2.38. The molecule has 222 valence electrons. The van der Waals surface area contributed by atoms with Gasteiger partial charge in [0.15, 0.2) is 0 Å². The number of halogens is 3. The average molecular weight is 598 g/mol. The number of sulfonamides is 1. The number of hydrogen-bond acceptors (Lipinski definition) is 4. The average Bonchev–Trinajstić information content (AvgIpc) is 2.94. The maximum Gasteiger partial charge on any atom is 0.416 e. The standard InChI is InChI=1S/C32H34F3N3O3S/c1-22(21-38-16-7-17-38)24-14-15-28-25(18-24)10-5-13-29(28)36-31(39)20-30(23-8-3-2-4-9-23)37-42(40,41)27-12-6-11-26(19-27)32(33,34)35/h2-4,6,8-9,11-12,14-15,18-19,29-30,37H,1,5,7,10,13,16-17,20-21H2,(H,36,39)/t29-,30-/m1/s1. The van der Waals surface area contributed by atoms with Gasteiger partial charge < -0.3 is 5.32 Å². The second-order valence-corrected chi connectivity index (χ2v) is 12.7. The highest BCUT2D eigenvalue weighted by Crippen LogP contribution is 2.33. The van der Waals surface area contributed by atoms with Crippen molar-refractivity contribution >= 4 is 21.5 Å². The zero-order valence-electron chi connectivity index (χ0n) is 23.2. The van der Waals surface area contributed by atoms with Crippen LogP contribution in [0.3, 0.4) is 0 Å². The number of hydrogen-bond donors (Lipinski definition) is 2. The fourth-order valence-electron chi connectivity index (χ4n) is 5.53. The summed E-state index contributed by atoms with van der Waals surface area (Å²) in [7, 11) is -4.38. The van der Waals surface area contributed by atoms with Crippen LogP contribution in [0.4, 0.5) is 13.2 Å². The van der Waals surface area contributed by atoms with Gasteiger partial charge in [0.05, 0.1) is 22.5 Å². The summed E-state index contributed by atoms with van der Waals surface area (Å²) in [6.45, 7) is 7.30. The number of rotatable bonds is 10. The second kappa shape index (κ2) is 12.4. The molecule has 1 fully saturated rings. The largest absolute Gasteiger partial charge is 0.416 e. The van der Waals surface area contributed by atoms with E-state index in [2.05, 4.69) is 27.6 Å². The molecule has 42 heavy (non-hydrogen) atoms. The van der Waals surface area contributed by atoms with E-state index >= 15 is 0 Å². The topological polar surface area (TPSA) is 78.5 Å². The Balaban J connectivity index is 1.31. The highest BCUT2D eigenvalue weighted by molar-refractivity contribution is 7.89. The van der Waals surface area contributed by atoms with E-state index in [0.29, 0.717) is 11.6 Å². The zero-order chi connectivity index (χ0) is 29.9. The van der Waals surface area contributed by atoms with Gasteiger partial charge in [-0.05, 0) is 84.8 Å². The van der Waals surface area contributed by atoms with Gasteiger partial charge in [-0.2, -0.15) is 13.2 Å². The van der Waals surface area contributed by atoms with Gasteiger partial charge in [0.1, 0.15) is 0 Å². The first-order valence-electron chi connectivity index (χ1n) is 14.1. The molecule has 1 aliphatic carbocycles. The highest BCUT2D eigenvalue weighted by atomic mass is 32.2. The summed E-state index contributed by atoms with van der Waals surface area (Å²) >= 11 is 0. The van der Waals surface area contributed by atoms with Crippen LogP contribution < -0.4 is 10.0 Å². The summed E-state index contributed by atoms with van der Waals surface area (Å²) in [6, 6.07) is 17.1. The Morgan fingerprint density at radius 3 is 2.45 bits per heavy atom. The van der Waals surface area contributed by atoms with Crippen molar-refractivity contribution in [3.63, 3.8) is 0 Å². The van der Waals surface area contributed by atoms with Crippen molar-refractivity contribution < 1.29 is 26.4 Å². The number of alkyl halides is 3. The molecule has 3 aromatic rings. The zero-order valence-corrected chi connectivity index (χ0v) is 24.0. The Morgan fingerprint density at radius 1 is 1.00 bits per heavy atom. The maximum atomic E-state index is 13.3. The normalized spacial score (nSPS) is 18.0. The number of carbonyl (C=O) groups excluding carboxylic acids is 1. The number of amides is 1. The van der Waals surface area contributed by atoms with E-state index in [1.165, 1.54) is 12.0 Å². The number of aryl methyl sites for hydroxylation is 1. The fraction of sp³-hybridized carbons (Fsp3) is 0.344. The van der Waals surface area contributed by atoms with Crippen molar-refractivity contribution in [2.45, 2.75) is 55.3 Å². The van der Waals surface area contributed by atoms with E-state index in [0.717, 1.165) is 73.8 Å². The Kier molecular flexibility index (Phi) is 8.86. The van der Waals surface area contributed by atoms with Crippen LogP contribution in [-0.4, -0.2) is 38.9 Å². The van der Waals surface area contributed by atoms with Crippen LogP contribution in [0.25, 0.3) is 5.57 Å². The van der Waals surface area contributed by atoms with Crippen molar-refractivity contribution in [3.05, 3.63) is 107 Å². The Morgan fingerprint density at radius 2 is 1.76 bits per heavy atom. The number of carbonyl (C=O) groups is 1. The third kappa shape index (κ3) is 7.11. The summed E-state index contributed by atoms with van der Waals surface area (Å²) < 4.78 is 68.6. The summed E-state index contributed by atoms with van der Waals surface area (Å²) in [5.41, 5.74) is 3.83. The summed E-state index contributed by atoms with van der Waals surface area (Å²) in [5.74, 6) is -0.361. The van der Waals surface area contributed by atoms with Gasteiger partial charge in [-0.25, -0.2) is 13.1 Å². The van der Waals surface area contributed by atoms with E-state index in [1.54, 1.807) is 30.3 Å². The molecule has 0 bridgehead atoms. The summed E-state index contributed by atoms with van der Waals surface area (Å²) in [5, 5.41) is 3.08. The highest BCUT2D eigenvalue weighted by Gasteiger charge is 2.33. The van der Waals surface area contributed by atoms with Gasteiger partial charge >= 0.3 is 6.18 Å². The van der Waals surface area contributed by atoms with Gasteiger partial charge in [0, 0.05) is 13.0 Å². The molecular weight excluding hydrogens is 563 g/mol. The molecule has 6 nitrogen and oxygen atoms in total. The fourth-order valence-corrected chi connectivity index (χ4v) is 6.80. The van der Waals surface area contributed by atoms with Crippen LogP contribution in [0.15, 0.2) is 84.3 Å². The number of likely N-dealkylation sites (tertiary alicyclic amines) is 1. The van der Waals surface area contributed by atoms with Crippen molar-refractivity contribution in [2.24, 2.45) is 0 Å². The molecular formula is C32H34F3N3O3S. The second-order valence-electron chi connectivity index (χ2n) is 11.0. The lowest BCUT2D eigenvalue weighted by molar-refractivity contribution is -0.137. The van der Waals surface area contributed by atoms with E-state index in [4.69, 9.17) is 0 Å². The van der Waals surface area contributed by atoms with Crippen LogP contribution in [-0.2, 0) is 27.4 Å². The van der Waals surface area contributed by atoms with Crippen LogP contribution >= 0.6 is 0 Å². The SMILES string of the molecule is C=C(CN1CCC1)c1ccc2c(c1)CCC[C@H]2NC(=O)C[C@@H](NS(=O)(=O)c1cccc(C(F)(F)F)c1)c1ccccc1. The van der Waals surface area contributed by atoms with Gasteiger partial charge in [-0.3, -0.25) is 9.69 Å². The maximum absolute atomic E-state index is 13.3. The lowest BCUT2D eigenvalue weighted by Gasteiger charge is -2.32. The molecule has 2 atom stereocenters. The molecule has 5 rings (SSSR count). The van der Waals surface area contributed by atoms with E-state index in [9.17, 15) is 26.4 Å². The summed E-state index contributed by atoms with van der Waals surface area (Å²) in [6.07, 6.45) is -1.16. The van der Waals surface area contributed by atoms with Crippen molar-refractivity contribution in [1.82, 2.24) is 14.9 Å². The monoisotopic (exact) mass is 597 g/mol. The van der Waals surface area contributed by atoms with Gasteiger partial charge in [0.2, 0.25) is 15.9 Å². The molecule has 1 amide bonds. The Labute approximate surface area is 244 Å². The molecule has 0 unspecified atom stereocenters. The number of nitrogens with one attached hydrogen (secondary N) is 2. The third-order valence-corrected chi connectivity index (χ3v) is 9.39. The molecule has 2 aliphatic rings. The quantitative estimate of drug-likeness (QED) is 0.299. The van der Waals surface area contributed by atoms with Gasteiger partial charge in [0.25, 0.3) is 0 Å². The van der Waals surface area contributed by atoms with E-state index in [-0.39, 0.29) is 18.4 Å². The van der Waals surface area contributed by atoms with Crippen LogP contribution in [0.2, 0.25) is 0 Å². The van der Waals surface area contributed by atoms with Gasteiger partial charge in [-0.1, -0.05) is 61.2 Å². The minimum atomic E-state index is -4.69. The molecule has 2 N–H and O–H groups in total. The minimum Gasteiger partial charge on any atom is -0.349 e. The van der Waals surface area contributed by atoms with Crippen LogP contribution in [0, 0.1) is 0 Å². The first kappa shape index (κ1) is 30.0. The molecule has 0 radical (unpaired) electrons. The van der Waals surface area contributed by atoms with Crippen molar-refractivity contribution in [1.29, 1.82) is 0 Å². The van der Waals surface area contributed by atoms with Crippen LogP contribution in [0.1, 0.15) is 65.6 Å². The smallest absolute Gasteiger partial charge is 0.349 e. The van der Waals surface area contributed by atoms with Crippen molar-refractivity contribution in [2.75, 3.05) is 19.6 Å². The molecule has 0 aromatic heterocycles. The predicted octanol–water partition coefficient (Wildman–Crippen LogP) is 6.03. The molecule has 3 aromatic carbocycles. The number of fused-ring (bicyclic) bond motifs is 1. The Hall–Kier alpha value is -3.47. The molecule has 10 heteroatoms. The predicted molar refractivity (Wildman–Crippen MR) is 156 cm³/mol. The number of nitrogens with zero attached hydrogens (tertiary/aromatic N) is 1. The molecule has 0 spiro atoms. The summed E-state index contributed by atoms with van der Waals surface area (Å²) in [4.78, 5) is 15.2.